The zero-order valence-corrected chi connectivity index (χ0v) is 16.7. The second-order valence-corrected chi connectivity index (χ2v) is 7.93. The highest BCUT2D eigenvalue weighted by molar-refractivity contribution is 7.16. The molecule has 0 amide bonds. The molecule has 0 aromatic carbocycles. The maximum Gasteiger partial charge on any atom is 0.187 e. The maximum absolute atomic E-state index is 5.48. The average molecular weight is 359 g/mol. The lowest BCUT2D eigenvalue weighted by molar-refractivity contribution is 0.500. The molecule has 0 aliphatic rings. The minimum absolute atomic E-state index is 0.201. The molecule has 0 bridgehead atoms. The normalized spacial score (nSPS) is 13.6. The van der Waals surface area contributed by atoms with E-state index in [4.69, 9.17) is 5.73 Å². The molecular weight excluding hydrogens is 328 g/mol. The van der Waals surface area contributed by atoms with Crippen LogP contribution >= 0.6 is 11.3 Å². The van der Waals surface area contributed by atoms with E-state index in [1.54, 1.807) is 17.4 Å². The van der Waals surface area contributed by atoms with E-state index in [0.29, 0.717) is 5.70 Å². The van der Waals surface area contributed by atoms with Crippen molar-refractivity contribution in [3.05, 3.63) is 65.1 Å². The summed E-state index contributed by atoms with van der Waals surface area (Å²) in [5, 5.41) is 7.44. The molecule has 0 unspecified atom stereocenters. The van der Waals surface area contributed by atoms with Crippen molar-refractivity contribution < 1.29 is 0 Å². The number of aromatic nitrogens is 1. The topological polar surface area (TPSA) is 63.0 Å². The number of rotatable bonds is 8. The van der Waals surface area contributed by atoms with Crippen LogP contribution < -0.4 is 16.4 Å². The third kappa shape index (κ3) is 8.96. The van der Waals surface area contributed by atoms with Gasteiger partial charge in [0.2, 0.25) is 0 Å². The molecule has 5 heteroatoms. The van der Waals surface area contributed by atoms with Crippen LogP contribution in [0.1, 0.15) is 39.5 Å². The van der Waals surface area contributed by atoms with Crippen molar-refractivity contribution in [3.8, 4) is 0 Å². The minimum atomic E-state index is 0.201. The molecule has 1 rings (SSSR count). The Bertz CT molecular complexity index is 685. The number of hydrogen-bond donors (Lipinski definition) is 3. The van der Waals surface area contributed by atoms with Crippen LogP contribution in [0.2, 0.25) is 0 Å². The Morgan fingerprint density at radius 2 is 2.08 bits per heavy atom. The van der Waals surface area contributed by atoms with Gasteiger partial charge in [0.05, 0.1) is 0 Å². The van der Waals surface area contributed by atoms with Crippen molar-refractivity contribution >= 4 is 22.5 Å². The molecular formula is C20H30N4S. The van der Waals surface area contributed by atoms with Crippen LogP contribution in [0.4, 0.5) is 5.13 Å². The van der Waals surface area contributed by atoms with E-state index in [9.17, 15) is 0 Å². The van der Waals surface area contributed by atoms with E-state index < -0.39 is 0 Å². The molecule has 0 saturated heterocycles. The predicted octanol–water partition coefficient (Wildman–Crippen LogP) is 5.04. The summed E-state index contributed by atoms with van der Waals surface area (Å²) in [6, 6.07) is 0. The van der Waals surface area contributed by atoms with Gasteiger partial charge in [-0.3, -0.25) is 0 Å². The van der Waals surface area contributed by atoms with E-state index in [2.05, 4.69) is 68.2 Å². The first-order chi connectivity index (χ1) is 11.7. The van der Waals surface area contributed by atoms with E-state index in [1.165, 1.54) is 5.57 Å². The molecule has 4 nitrogen and oxygen atoms in total. The van der Waals surface area contributed by atoms with Crippen molar-refractivity contribution in [2.24, 2.45) is 11.1 Å². The van der Waals surface area contributed by atoms with Gasteiger partial charge in [-0.2, -0.15) is 0 Å². The highest BCUT2D eigenvalue weighted by Gasteiger charge is 2.11. The Balaban J connectivity index is 2.49. The van der Waals surface area contributed by atoms with E-state index in [1.807, 2.05) is 25.3 Å². The standard InChI is InChI=1S/C20H30N4S/c1-15(20(4,5)6)13-22-12-8-11-18-14-23-19(25-18)24-17(3)10-7-9-16(2)21/h7-11,13-14,22H,2,12,21H2,1,3-6H3,(H,23,24)/b9-7-,11-8+,15-13+,17-10+. The smallest absolute Gasteiger partial charge is 0.187 e. The second kappa shape index (κ2) is 9.89. The van der Waals surface area contributed by atoms with Gasteiger partial charge in [-0.25, -0.2) is 4.98 Å². The Morgan fingerprint density at radius 3 is 2.72 bits per heavy atom. The van der Waals surface area contributed by atoms with Gasteiger partial charge >= 0.3 is 0 Å². The summed E-state index contributed by atoms with van der Waals surface area (Å²) in [6.07, 6.45) is 13.7. The highest BCUT2D eigenvalue weighted by Crippen LogP contribution is 2.23. The third-order valence-electron chi connectivity index (χ3n) is 3.50. The molecule has 136 valence electrons. The number of nitrogens with zero attached hydrogens (tertiary/aromatic N) is 1. The van der Waals surface area contributed by atoms with E-state index in [0.717, 1.165) is 22.3 Å². The molecule has 1 aromatic rings. The zero-order chi connectivity index (χ0) is 18.9. The summed E-state index contributed by atoms with van der Waals surface area (Å²) in [7, 11) is 0. The van der Waals surface area contributed by atoms with Gasteiger partial charge < -0.3 is 16.4 Å². The lowest BCUT2D eigenvalue weighted by Crippen LogP contribution is -2.12. The lowest BCUT2D eigenvalue weighted by Gasteiger charge is -2.19. The predicted molar refractivity (Wildman–Crippen MR) is 112 cm³/mol. The zero-order valence-electron chi connectivity index (χ0n) is 15.9. The van der Waals surface area contributed by atoms with Crippen molar-refractivity contribution in [2.75, 3.05) is 11.9 Å². The van der Waals surface area contributed by atoms with Crippen LogP contribution in [0.5, 0.6) is 0 Å². The Labute approximate surface area is 155 Å². The van der Waals surface area contributed by atoms with E-state index in [-0.39, 0.29) is 5.41 Å². The van der Waals surface area contributed by atoms with Gasteiger partial charge in [0.15, 0.2) is 5.13 Å². The molecule has 25 heavy (non-hydrogen) atoms. The summed E-state index contributed by atoms with van der Waals surface area (Å²) < 4.78 is 0. The maximum atomic E-state index is 5.48. The molecule has 4 N–H and O–H groups in total. The molecule has 0 aliphatic carbocycles. The summed E-state index contributed by atoms with van der Waals surface area (Å²) in [5.74, 6) is 0. The van der Waals surface area contributed by atoms with Crippen molar-refractivity contribution in [1.82, 2.24) is 10.3 Å². The quantitative estimate of drug-likeness (QED) is 0.450. The Kier molecular flexibility index (Phi) is 8.22. The van der Waals surface area contributed by atoms with Crippen molar-refractivity contribution in [2.45, 2.75) is 34.6 Å². The number of hydrogen-bond acceptors (Lipinski definition) is 5. The largest absolute Gasteiger partial charge is 0.399 e. The van der Waals surface area contributed by atoms with Gasteiger partial charge in [-0.1, -0.05) is 56.4 Å². The number of nitrogens with one attached hydrogen (secondary N) is 2. The SMILES string of the molecule is C=C(N)/C=C\C=C(/C)Nc1ncc(/C=C/CN/C=C(\C)C(C)(C)C)s1. The third-order valence-corrected chi connectivity index (χ3v) is 4.38. The highest BCUT2D eigenvalue weighted by atomic mass is 32.1. The summed E-state index contributed by atoms with van der Waals surface area (Å²) >= 11 is 1.61. The van der Waals surface area contributed by atoms with Gasteiger partial charge in [0, 0.05) is 29.0 Å². The lowest BCUT2D eigenvalue weighted by atomic mass is 9.88. The van der Waals surface area contributed by atoms with Crippen LogP contribution in [0.15, 0.2) is 60.2 Å². The van der Waals surface area contributed by atoms with Crippen LogP contribution in [0, 0.1) is 5.41 Å². The average Bonchev–Trinajstić information content (AvgIpc) is 2.92. The fourth-order valence-corrected chi connectivity index (χ4v) is 2.43. The first-order valence-electron chi connectivity index (χ1n) is 8.28. The summed E-state index contributed by atoms with van der Waals surface area (Å²) in [4.78, 5) is 5.49. The minimum Gasteiger partial charge on any atom is -0.399 e. The first kappa shape index (κ1) is 20.8. The fraction of sp³-hybridized carbons (Fsp3) is 0.350. The summed E-state index contributed by atoms with van der Waals surface area (Å²) in [6.45, 7) is 15.2. The summed E-state index contributed by atoms with van der Waals surface area (Å²) in [5.41, 5.74) is 8.54. The molecule has 0 radical (unpaired) electrons. The van der Waals surface area contributed by atoms with Crippen molar-refractivity contribution in [1.29, 1.82) is 0 Å². The Hall–Kier alpha value is -2.27. The monoisotopic (exact) mass is 358 g/mol. The molecule has 0 saturated carbocycles. The van der Waals surface area contributed by atoms with Gasteiger partial charge in [-0.05, 0) is 43.7 Å². The molecule has 0 aliphatic heterocycles. The molecule has 1 heterocycles. The number of nitrogens with two attached hydrogens (primary N) is 1. The van der Waals surface area contributed by atoms with Gasteiger partial charge in [0.25, 0.3) is 0 Å². The molecule has 1 aromatic heterocycles. The van der Waals surface area contributed by atoms with Crippen LogP contribution in [-0.2, 0) is 0 Å². The fourth-order valence-electron chi connectivity index (χ4n) is 1.62. The van der Waals surface area contributed by atoms with Gasteiger partial charge in [0.1, 0.15) is 0 Å². The second-order valence-electron chi connectivity index (χ2n) is 6.86. The number of allylic oxidation sites excluding steroid dienone is 5. The van der Waals surface area contributed by atoms with Gasteiger partial charge in [-0.15, -0.1) is 0 Å². The molecule has 0 atom stereocenters. The van der Waals surface area contributed by atoms with Crippen LogP contribution in [-0.4, -0.2) is 11.5 Å². The number of thiazole rings is 1. The van der Waals surface area contributed by atoms with E-state index >= 15 is 0 Å². The van der Waals surface area contributed by atoms with Crippen LogP contribution in [0.3, 0.4) is 0 Å². The Morgan fingerprint density at radius 1 is 1.36 bits per heavy atom. The van der Waals surface area contributed by atoms with Crippen LogP contribution in [0.25, 0.3) is 6.08 Å². The number of anilines is 1. The molecule has 0 fully saturated rings. The molecule has 0 spiro atoms. The van der Waals surface area contributed by atoms with Crippen molar-refractivity contribution in [3.63, 3.8) is 0 Å². The first-order valence-corrected chi connectivity index (χ1v) is 9.09.